The van der Waals surface area contributed by atoms with Crippen LogP contribution in [-0.2, 0) is 6.42 Å². The average Bonchev–Trinajstić information content (AvgIpc) is 3.01. The molecule has 1 heterocycles. The van der Waals surface area contributed by atoms with Gasteiger partial charge in [0.25, 0.3) is 0 Å². The lowest BCUT2D eigenvalue weighted by Crippen LogP contribution is -2.22. The number of benzene rings is 1. The van der Waals surface area contributed by atoms with E-state index in [1.54, 1.807) is 11.3 Å². The number of ether oxygens (including phenoxy) is 1. The van der Waals surface area contributed by atoms with E-state index in [2.05, 4.69) is 60.3 Å². The van der Waals surface area contributed by atoms with Gasteiger partial charge in [0.2, 0.25) is 0 Å². The molecule has 0 radical (unpaired) electrons. The molecule has 0 spiro atoms. The highest BCUT2D eigenvalue weighted by Crippen LogP contribution is 2.22. The largest absolute Gasteiger partial charge is 0.494 e. The maximum Gasteiger partial charge on any atom is 0.119 e. The third kappa shape index (κ3) is 5.18. The normalized spacial score (nSPS) is 12.3. The third-order valence-corrected chi connectivity index (χ3v) is 4.25. The number of nitrogens with one attached hydrogen (secondary N) is 1. The molecule has 0 aliphatic rings. The van der Waals surface area contributed by atoms with Crippen LogP contribution in [-0.4, -0.2) is 13.2 Å². The van der Waals surface area contributed by atoms with Crippen LogP contribution in [0.4, 0.5) is 0 Å². The zero-order valence-electron chi connectivity index (χ0n) is 13.0. The van der Waals surface area contributed by atoms with Gasteiger partial charge in [-0.15, -0.1) is 0 Å². The summed E-state index contributed by atoms with van der Waals surface area (Å²) in [7, 11) is 0. The van der Waals surface area contributed by atoms with Crippen molar-refractivity contribution in [1.29, 1.82) is 0 Å². The van der Waals surface area contributed by atoms with Gasteiger partial charge in [-0.1, -0.05) is 32.4 Å². The van der Waals surface area contributed by atoms with Gasteiger partial charge in [-0.2, -0.15) is 11.3 Å². The van der Waals surface area contributed by atoms with Crippen LogP contribution in [0.5, 0.6) is 5.75 Å². The fourth-order valence-corrected chi connectivity index (χ4v) is 3.01. The Kier molecular flexibility index (Phi) is 6.77. The molecule has 0 fully saturated rings. The molecule has 2 rings (SSSR count). The van der Waals surface area contributed by atoms with Gasteiger partial charge in [-0.05, 0) is 59.5 Å². The SMILES string of the molecule is CCCCOc1ccc(C(Cc2ccsc2)NCC)cc1. The van der Waals surface area contributed by atoms with E-state index in [9.17, 15) is 0 Å². The molecule has 0 bridgehead atoms. The molecule has 3 heteroatoms. The van der Waals surface area contributed by atoms with Crippen molar-refractivity contribution in [2.45, 2.75) is 39.2 Å². The molecule has 0 aliphatic heterocycles. The van der Waals surface area contributed by atoms with E-state index in [0.717, 1.165) is 31.7 Å². The standard InChI is InChI=1S/C18H25NOS/c1-3-5-11-20-17-8-6-16(7-9-17)18(19-4-2)13-15-10-12-21-14-15/h6-10,12,14,18-19H,3-5,11,13H2,1-2H3. The number of hydrogen-bond donors (Lipinski definition) is 1. The van der Waals surface area contributed by atoms with Gasteiger partial charge in [0.05, 0.1) is 6.61 Å². The molecule has 1 aromatic carbocycles. The van der Waals surface area contributed by atoms with E-state index in [1.807, 2.05) is 0 Å². The van der Waals surface area contributed by atoms with Crippen molar-refractivity contribution in [2.75, 3.05) is 13.2 Å². The van der Waals surface area contributed by atoms with Gasteiger partial charge in [0, 0.05) is 6.04 Å². The zero-order valence-corrected chi connectivity index (χ0v) is 13.8. The first-order valence-corrected chi connectivity index (χ1v) is 8.75. The summed E-state index contributed by atoms with van der Waals surface area (Å²) in [6.07, 6.45) is 3.31. The maximum atomic E-state index is 5.73. The minimum absolute atomic E-state index is 0.370. The highest BCUT2D eigenvalue weighted by atomic mass is 32.1. The molecule has 1 unspecified atom stereocenters. The van der Waals surface area contributed by atoms with Crippen LogP contribution < -0.4 is 10.1 Å². The second-order valence-electron chi connectivity index (χ2n) is 5.22. The van der Waals surface area contributed by atoms with Crippen LogP contribution in [0.1, 0.15) is 43.9 Å². The summed E-state index contributed by atoms with van der Waals surface area (Å²) < 4.78 is 5.73. The average molecular weight is 303 g/mol. The van der Waals surface area contributed by atoms with Gasteiger partial charge < -0.3 is 10.1 Å². The summed E-state index contributed by atoms with van der Waals surface area (Å²) in [5.74, 6) is 0.970. The molecule has 0 saturated heterocycles. The maximum absolute atomic E-state index is 5.73. The second-order valence-corrected chi connectivity index (χ2v) is 6.00. The number of thiophene rings is 1. The van der Waals surface area contributed by atoms with Crippen molar-refractivity contribution >= 4 is 11.3 Å². The monoisotopic (exact) mass is 303 g/mol. The highest BCUT2D eigenvalue weighted by molar-refractivity contribution is 7.07. The molecular weight excluding hydrogens is 278 g/mol. The second kappa shape index (κ2) is 8.85. The lowest BCUT2D eigenvalue weighted by molar-refractivity contribution is 0.309. The van der Waals surface area contributed by atoms with Crippen LogP contribution in [0.3, 0.4) is 0 Å². The first-order valence-electron chi connectivity index (χ1n) is 7.80. The van der Waals surface area contributed by atoms with Gasteiger partial charge >= 0.3 is 0 Å². The minimum Gasteiger partial charge on any atom is -0.494 e. The summed E-state index contributed by atoms with van der Waals surface area (Å²) in [4.78, 5) is 0. The molecule has 1 aromatic heterocycles. The third-order valence-electron chi connectivity index (χ3n) is 3.52. The van der Waals surface area contributed by atoms with Crippen LogP contribution in [0.25, 0.3) is 0 Å². The Labute approximate surface area is 132 Å². The van der Waals surface area contributed by atoms with Crippen molar-refractivity contribution in [1.82, 2.24) is 5.32 Å². The van der Waals surface area contributed by atoms with Gasteiger partial charge in [-0.3, -0.25) is 0 Å². The predicted molar refractivity (Wildman–Crippen MR) is 91.3 cm³/mol. The molecule has 21 heavy (non-hydrogen) atoms. The first-order chi connectivity index (χ1) is 10.3. The first kappa shape index (κ1) is 16.1. The summed E-state index contributed by atoms with van der Waals surface area (Å²) in [6, 6.07) is 11.1. The van der Waals surface area contributed by atoms with E-state index in [1.165, 1.54) is 17.5 Å². The summed E-state index contributed by atoms with van der Waals surface area (Å²) in [5.41, 5.74) is 2.72. The van der Waals surface area contributed by atoms with Gasteiger partial charge in [0.15, 0.2) is 0 Å². The Hall–Kier alpha value is -1.32. The Morgan fingerprint density at radius 1 is 1.14 bits per heavy atom. The number of unbranched alkanes of at least 4 members (excludes halogenated alkanes) is 1. The van der Waals surface area contributed by atoms with Crippen LogP contribution >= 0.6 is 11.3 Å². The molecule has 2 aromatic rings. The van der Waals surface area contributed by atoms with Crippen molar-refractivity contribution in [3.63, 3.8) is 0 Å². The lowest BCUT2D eigenvalue weighted by Gasteiger charge is -2.18. The number of hydrogen-bond acceptors (Lipinski definition) is 3. The number of likely N-dealkylation sites (N-methyl/N-ethyl adjacent to an activating group) is 1. The Balaban J connectivity index is 1.99. The molecular formula is C18H25NOS. The minimum atomic E-state index is 0.370. The van der Waals surface area contributed by atoms with Crippen LogP contribution in [0.15, 0.2) is 41.1 Å². The Morgan fingerprint density at radius 3 is 2.57 bits per heavy atom. The van der Waals surface area contributed by atoms with E-state index in [0.29, 0.717) is 6.04 Å². The van der Waals surface area contributed by atoms with Crippen molar-refractivity contribution in [2.24, 2.45) is 0 Å². The number of rotatable bonds is 9. The summed E-state index contributed by atoms with van der Waals surface area (Å²) in [5, 5.41) is 7.94. The van der Waals surface area contributed by atoms with Gasteiger partial charge in [0.1, 0.15) is 5.75 Å². The van der Waals surface area contributed by atoms with Crippen molar-refractivity contribution in [3.8, 4) is 5.75 Å². The lowest BCUT2D eigenvalue weighted by atomic mass is 10.0. The molecule has 0 amide bonds. The fourth-order valence-electron chi connectivity index (χ4n) is 2.33. The van der Waals surface area contributed by atoms with Crippen molar-refractivity contribution in [3.05, 3.63) is 52.2 Å². The molecule has 0 aliphatic carbocycles. The smallest absolute Gasteiger partial charge is 0.119 e. The van der Waals surface area contributed by atoms with Crippen LogP contribution in [0, 0.1) is 0 Å². The highest BCUT2D eigenvalue weighted by Gasteiger charge is 2.11. The summed E-state index contributed by atoms with van der Waals surface area (Å²) in [6.45, 7) is 6.12. The zero-order chi connectivity index (χ0) is 14.9. The summed E-state index contributed by atoms with van der Waals surface area (Å²) >= 11 is 1.76. The van der Waals surface area contributed by atoms with Crippen LogP contribution in [0.2, 0.25) is 0 Å². The molecule has 0 saturated carbocycles. The topological polar surface area (TPSA) is 21.3 Å². The van der Waals surface area contributed by atoms with E-state index < -0.39 is 0 Å². The van der Waals surface area contributed by atoms with Gasteiger partial charge in [-0.25, -0.2) is 0 Å². The Morgan fingerprint density at radius 2 is 1.95 bits per heavy atom. The molecule has 1 atom stereocenters. The molecule has 114 valence electrons. The van der Waals surface area contributed by atoms with E-state index >= 15 is 0 Å². The van der Waals surface area contributed by atoms with Crippen molar-refractivity contribution < 1.29 is 4.74 Å². The molecule has 1 N–H and O–H groups in total. The van der Waals surface area contributed by atoms with E-state index in [-0.39, 0.29) is 0 Å². The molecule has 2 nitrogen and oxygen atoms in total. The van der Waals surface area contributed by atoms with E-state index in [4.69, 9.17) is 4.74 Å². The quantitative estimate of drug-likeness (QED) is 0.671. The fraction of sp³-hybridized carbons (Fsp3) is 0.444. The Bertz CT molecular complexity index is 492. The predicted octanol–water partition coefficient (Wildman–Crippen LogP) is 4.82.